The van der Waals surface area contributed by atoms with E-state index in [1.807, 2.05) is 0 Å². The van der Waals surface area contributed by atoms with Gasteiger partial charge in [-0.1, -0.05) is 0 Å². The second-order valence-corrected chi connectivity index (χ2v) is 2.93. The smallest absolute Gasteiger partial charge is 0.302 e. The average molecular weight is 179 g/mol. The van der Waals surface area contributed by atoms with Crippen molar-refractivity contribution in [1.29, 1.82) is 0 Å². The van der Waals surface area contributed by atoms with Crippen molar-refractivity contribution >= 4 is 5.97 Å². The Morgan fingerprint density at radius 2 is 2.17 bits per heavy atom. The first-order valence-corrected chi connectivity index (χ1v) is 3.71. The van der Waals surface area contributed by atoms with E-state index in [2.05, 4.69) is 4.74 Å². The van der Waals surface area contributed by atoms with Crippen molar-refractivity contribution in [2.24, 2.45) is 17.6 Å². The first-order valence-electron chi connectivity index (χ1n) is 3.71. The van der Waals surface area contributed by atoms with E-state index in [9.17, 15) is 13.6 Å². The Morgan fingerprint density at radius 3 is 2.50 bits per heavy atom. The van der Waals surface area contributed by atoms with Gasteiger partial charge in [-0.05, 0) is 0 Å². The largest absolute Gasteiger partial charge is 0.465 e. The number of alkyl halides is 2. The third-order valence-electron chi connectivity index (χ3n) is 2.09. The molecule has 1 aliphatic carbocycles. The lowest BCUT2D eigenvalue weighted by Gasteiger charge is -1.98. The van der Waals surface area contributed by atoms with Gasteiger partial charge in [0.1, 0.15) is 6.61 Å². The van der Waals surface area contributed by atoms with Crippen molar-refractivity contribution in [2.45, 2.75) is 12.8 Å². The quantitative estimate of drug-likeness (QED) is 0.637. The van der Waals surface area contributed by atoms with Crippen LogP contribution in [0.25, 0.3) is 0 Å². The molecular formula is C7H11F2NO2. The number of hydrogen-bond acceptors (Lipinski definition) is 3. The molecule has 0 amide bonds. The molecule has 70 valence electrons. The highest BCUT2D eigenvalue weighted by molar-refractivity contribution is 5.65. The van der Waals surface area contributed by atoms with Crippen molar-refractivity contribution in [1.82, 2.24) is 0 Å². The highest BCUT2D eigenvalue weighted by Crippen LogP contribution is 2.54. The van der Waals surface area contributed by atoms with Crippen LogP contribution in [0.3, 0.4) is 0 Å². The molecule has 0 saturated heterocycles. The summed E-state index contributed by atoms with van der Waals surface area (Å²) in [6.07, 6.45) is 0. The topological polar surface area (TPSA) is 52.3 Å². The number of halogens is 2. The van der Waals surface area contributed by atoms with E-state index < -0.39 is 23.7 Å². The second-order valence-electron chi connectivity index (χ2n) is 2.93. The SMILES string of the molecule is CC(=O)OCC1C(CN)C1(F)F. The van der Waals surface area contributed by atoms with E-state index in [4.69, 9.17) is 5.73 Å². The number of ether oxygens (including phenoxy) is 1. The second kappa shape index (κ2) is 2.97. The van der Waals surface area contributed by atoms with Crippen molar-refractivity contribution in [3.8, 4) is 0 Å². The molecule has 2 N–H and O–H groups in total. The summed E-state index contributed by atoms with van der Waals surface area (Å²) in [5, 5.41) is 0. The van der Waals surface area contributed by atoms with Gasteiger partial charge in [0.25, 0.3) is 5.92 Å². The Balaban J connectivity index is 2.32. The van der Waals surface area contributed by atoms with Crippen LogP contribution in [0, 0.1) is 11.8 Å². The van der Waals surface area contributed by atoms with Crippen LogP contribution in [0.4, 0.5) is 8.78 Å². The van der Waals surface area contributed by atoms with Crippen LogP contribution in [0.15, 0.2) is 0 Å². The number of carbonyl (C=O) groups is 1. The standard InChI is InChI=1S/C7H11F2NO2/c1-4(11)12-3-6-5(2-10)7(6,8)9/h5-6H,2-3,10H2,1H3. The van der Waals surface area contributed by atoms with Gasteiger partial charge >= 0.3 is 5.97 Å². The van der Waals surface area contributed by atoms with E-state index in [1.165, 1.54) is 6.92 Å². The van der Waals surface area contributed by atoms with Gasteiger partial charge in [0.15, 0.2) is 0 Å². The molecule has 2 atom stereocenters. The molecule has 1 rings (SSSR count). The Hall–Kier alpha value is -0.710. The molecule has 0 spiro atoms. The van der Waals surface area contributed by atoms with Crippen molar-refractivity contribution < 1.29 is 18.3 Å². The summed E-state index contributed by atoms with van der Waals surface area (Å²) >= 11 is 0. The fourth-order valence-electron chi connectivity index (χ4n) is 1.22. The zero-order valence-electron chi connectivity index (χ0n) is 6.72. The fraction of sp³-hybridized carbons (Fsp3) is 0.857. The monoisotopic (exact) mass is 179 g/mol. The Morgan fingerprint density at radius 1 is 1.58 bits per heavy atom. The van der Waals surface area contributed by atoms with Gasteiger partial charge in [-0.2, -0.15) is 0 Å². The Kier molecular flexibility index (Phi) is 2.32. The summed E-state index contributed by atoms with van der Waals surface area (Å²) in [5.74, 6) is -4.94. The van der Waals surface area contributed by atoms with E-state index in [0.717, 1.165) is 0 Å². The van der Waals surface area contributed by atoms with Crippen LogP contribution in [-0.4, -0.2) is 25.0 Å². The molecule has 1 fully saturated rings. The van der Waals surface area contributed by atoms with E-state index in [0.29, 0.717) is 0 Å². The molecule has 3 nitrogen and oxygen atoms in total. The maximum absolute atomic E-state index is 12.6. The van der Waals surface area contributed by atoms with Gasteiger partial charge in [0.05, 0.1) is 5.92 Å². The minimum Gasteiger partial charge on any atom is -0.465 e. The van der Waals surface area contributed by atoms with Crippen LogP contribution in [0.2, 0.25) is 0 Å². The Bertz CT molecular complexity index is 196. The molecule has 1 saturated carbocycles. The van der Waals surface area contributed by atoms with Gasteiger partial charge in [0, 0.05) is 19.4 Å². The maximum Gasteiger partial charge on any atom is 0.302 e. The highest BCUT2D eigenvalue weighted by Gasteiger charge is 2.67. The molecule has 0 radical (unpaired) electrons. The van der Waals surface area contributed by atoms with Crippen LogP contribution in [-0.2, 0) is 9.53 Å². The summed E-state index contributed by atoms with van der Waals surface area (Å²) in [4.78, 5) is 10.3. The number of rotatable bonds is 3. The predicted octanol–water partition coefficient (Wildman–Crippen LogP) is 0.389. The average Bonchev–Trinajstić information content (AvgIpc) is 2.48. The molecule has 0 aromatic rings. The van der Waals surface area contributed by atoms with Gasteiger partial charge in [-0.3, -0.25) is 4.79 Å². The van der Waals surface area contributed by atoms with Gasteiger partial charge < -0.3 is 10.5 Å². The number of carbonyl (C=O) groups excluding carboxylic acids is 1. The van der Waals surface area contributed by atoms with Crippen LogP contribution in [0.5, 0.6) is 0 Å². The third kappa shape index (κ3) is 1.55. The van der Waals surface area contributed by atoms with Crippen molar-refractivity contribution in [3.63, 3.8) is 0 Å². The van der Waals surface area contributed by atoms with Crippen molar-refractivity contribution in [3.05, 3.63) is 0 Å². The molecule has 0 aliphatic heterocycles. The molecule has 0 bridgehead atoms. The van der Waals surface area contributed by atoms with Gasteiger partial charge in [-0.15, -0.1) is 0 Å². The minimum absolute atomic E-state index is 0.0566. The molecule has 0 aromatic carbocycles. The summed E-state index contributed by atoms with van der Waals surface area (Å²) < 4.78 is 29.7. The highest BCUT2D eigenvalue weighted by atomic mass is 19.3. The lowest BCUT2D eigenvalue weighted by atomic mass is 10.3. The zero-order chi connectivity index (χ0) is 9.35. The molecule has 0 heterocycles. The summed E-state index contributed by atoms with van der Waals surface area (Å²) in [7, 11) is 0. The number of nitrogens with two attached hydrogens (primary N) is 1. The zero-order valence-corrected chi connectivity index (χ0v) is 6.72. The third-order valence-corrected chi connectivity index (χ3v) is 2.09. The van der Waals surface area contributed by atoms with Gasteiger partial charge in [0.2, 0.25) is 0 Å². The summed E-state index contributed by atoms with van der Waals surface area (Å²) in [6, 6.07) is 0. The molecular weight excluding hydrogens is 168 g/mol. The first-order chi connectivity index (χ1) is 5.50. The van der Waals surface area contributed by atoms with E-state index in [1.54, 1.807) is 0 Å². The molecule has 0 aromatic heterocycles. The predicted molar refractivity (Wildman–Crippen MR) is 37.6 cm³/mol. The Labute approximate surface area is 68.9 Å². The number of esters is 1. The van der Waals surface area contributed by atoms with Crippen LogP contribution < -0.4 is 5.73 Å². The summed E-state index contributed by atoms with van der Waals surface area (Å²) in [5.41, 5.74) is 5.09. The van der Waals surface area contributed by atoms with Gasteiger partial charge in [-0.25, -0.2) is 8.78 Å². The molecule has 12 heavy (non-hydrogen) atoms. The van der Waals surface area contributed by atoms with E-state index >= 15 is 0 Å². The van der Waals surface area contributed by atoms with E-state index in [-0.39, 0.29) is 13.2 Å². The van der Waals surface area contributed by atoms with Crippen molar-refractivity contribution in [2.75, 3.05) is 13.2 Å². The molecule has 1 aliphatic rings. The maximum atomic E-state index is 12.6. The summed E-state index contributed by atoms with van der Waals surface area (Å²) in [6.45, 7) is 0.918. The fourth-order valence-corrected chi connectivity index (χ4v) is 1.22. The molecule has 5 heteroatoms. The normalized spacial score (nSPS) is 31.3. The lowest BCUT2D eigenvalue weighted by Crippen LogP contribution is -2.07. The first kappa shape index (κ1) is 9.38. The minimum atomic E-state index is -2.73. The van der Waals surface area contributed by atoms with Crippen LogP contribution >= 0.6 is 0 Å². The molecule has 2 unspecified atom stereocenters. The lowest BCUT2D eigenvalue weighted by molar-refractivity contribution is -0.142. The van der Waals surface area contributed by atoms with Crippen LogP contribution in [0.1, 0.15) is 6.92 Å². The number of hydrogen-bond donors (Lipinski definition) is 1.